The quantitative estimate of drug-likeness (QED) is 0.432. The number of halogens is 3. The minimum atomic E-state index is -4.82. The van der Waals surface area contributed by atoms with Crippen molar-refractivity contribution >= 4 is 32.2 Å². The molecule has 3 aliphatic heterocycles. The number of fused-ring (bicyclic) bond motifs is 5. The van der Waals surface area contributed by atoms with Gasteiger partial charge in [0.05, 0.1) is 24.0 Å². The zero-order chi connectivity index (χ0) is 23.1. The Morgan fingerprint density at radius 3 is 2.29 bits per heavy atom. The van der Waals surface area contributed by atoms with Gasteiger partial charge in [-0.25, -0.2) is 9.74 Å². The fourth-order valence-corrected chi connectivity index (χ4v) is 6.27. The number of imide groups is 1. The molecule has 0 aliphatic carbocycles. The van der Waals surface area contributed by atoms with Crippen LogP contribution < -0.4 is 4.90 Å². The van der Waals surface area contributed by atoms with Crippen molar-refractivity contribution in [1.82, 2.24) is 0 Å². The van der Waals surface area contributed by atoms with Gasteiger partial charge in [0.2, 0.25) is 11.8 Å². The third-order valence-electron chi connectivity index (χ3n) is 6.50. The van der Waals surface area contributed by atoms with Gasteiger partial charge in [-0.3, -0.25) is 9.59 Å². The first-order valence-electron chi connectivity index (χ1n) is 9.77. The van der Waals surface area contributed by atoms with Crippen molar-refractivity contribution < 1.29 is 37.0 Å². The lowest BCUT2D eigenvalue weighted by Gasteiger charge is -2.39. The number of benzene rings is 1. The highest BCUT2D eigenvalue weighted by atomic mass is 28.3. The molecule has 2 unspecified atom stereocenters. The summed E-state index contributed by atoms with van der Waals surface area (Å²) < 4.78 is 52.2. The molecule has 7 nitrogen and oxygen atoms in total. The molecule has 6 atom stereocenters. The van der Waals surface area contributed by atoms with Crippen LogP contribution in [0.5, 0.6) is 0 Å². The van der Waals surface area contributed by atoms with E-state index in [0.29, 0.717) is 6.07 Å². The summed E-state index contributed by atoms with van der Waals surface area (Å²) in [6, 6.07) is 2.74. The van der Waals surface area contributed by atoms with Crippen molar-refractivity contribution in [3.8, 4) is 0 Å². The molecule has 0 saturated carbocycles. The SMILES string of the molecule is [C-]#[N+]c1ccc(N2C(=O)[C@@H]3[C@H](C2=O)C2(C)OC3(C)[C@H](O[SiH](C)C)[C@H]2O)cc1C(F)(F)F. The average Bonchev–Trinajstić information content (AvgIpc) is 3.16. The summed E-state index contributed by atoms with van der Waals surface area (Å²) in [7, 11) is -1.66. The standard InChI is InChI=1S/C20H21F3N2O5Si/c1-18-12-13(19(2,30-18)15(14(18)26)29-31(4)5)17(28)25(16(12)27)9-6-7-11(24-3)10(8-9)20(21,22)23/h6-8,12-15,26,31H,1-2,4-5H3/t12-,13+,14-,15-,18?,19?/m1/s1. The van der Waals surface area contributed by atoms with Crippen LogP contribution in [0.3, 0.4) is 0 Å². The number of nitrogens with zero attached hydrogens (tertiary/aromatic N) is 2. The molecule has 0 spiro atoms. The Hall–Kier alpha value is -2.26. The minimum Gasteiger partial charge on any atom is -0.412 e. The molecule has 4 rings (SSSR count). The molecule has 3 saturated heterocycles. The first kappa shape index (κ1) is 21.9. The van der Waals surface area contributed by atoms with Crippen LogP contribution in [0.4, 0.5) is 24.5 Å². The summed E-state index contributed by atoms with van der Waals surface area (Å²) in [5, 5.41) is 10.9. The van der Waals surface area contributed by atoms with Gasteiger partial charge in [0.25, 0.3) is 0 Å². The van der Waals surface area contributed by atoms with E-state index in [-0.39, 0.29) is 5.69 Å². The summed E-state index contributed by atoms with van der Waals surface area (Å²) in [6.45, 7) is 13.9. The summed E-state index contributed by atoms with van der Waals surface area (Å²) in [5.41, 5.74) is -4.80. The summed E-state index contributed by atoms with van der Waals surface area (Å²) in [4.78, 5) is 30.2. The minimum absolute atomic E-state index is 0.263. The number of rotatable bonds is 3. The van der Waals surface area contributed by atoms with Crippen molar-refractivity contribution in [2.45, 2.75) is 56.5 Å². The van der Waals surface area contributed by atoms with E-state index in [4.69, 9.17) is 15.7 Å². The predicted octanol–water partition coefficient (Wildman–Crippen LogP) is 2.65. The number of alkyl halides is 3. The first-order valence-corrected chi connectivity index (χ1v) is 12.6. The highest BCUT2D eigenvalue weighted by Gasteiger charge is 2.79. The number of aliphatic hydroxyl groups excluding tert-OH is 1. The van der Waals surface area contributed by atoms with E-state index in [1.54, 1.807) is 6.92 Å². The second kappa shape index (κ2) is 6.62. The molecule has 2 bridgehead atoms. The number of hydrogen-bond donors (Lipinski definition) is 1. The van der Waals surface area contributed by atoms with Crippen molar-refractivity contribution in [3.63, 3.8) is 0 Å². The van der Waals surface area contributed by atoms with E-state index in [1.165, 1.54) is 6.92 Å². The molecule has 3 fully saturated rings. The molecular formula is C20H21F3N2O5Si. The third-order valence-corrected chi connectivity index (χ3v) is 7.34. The van der Waals surface area contributed by atoms with E-state index in [2.05, 4.69) is 4.85 Å². The fraction of sp³-hybridized carbons (Fsp3) is 0.550. The smallest absolute Gasteiger partial charge is 0.407 e. The third kappa shape index (κ3) is 2.82. The molecule has 0 radical (unpaired) electrons. The first-order chi connectivity index (χ1) is 14.3. The zero-order valence-corrected chi connectivity index (χ0v) is 18.4. The Balaban J connectivity index is 1.79. The van der Waals surface area contributed by atoms with Crippen LogP contribution in [0.25, 0.3) is 4.85 Å². The van der Waals surface area contributed by atoms with Crippen molar-refractivity contribution in [2.24, 2.45) is 11.8 Å². The van der Waals surface area contributed by atoms with Crippen molar-refractivity contribution in [2.75, 3.05) is 4.90 Å². The Morgan fingerprint density at radius 2 is 1.77 bits per heavy atom. The second-order valence-corrected chi connectivity index (χ2v) is 11.2. The van der Waals surface area contributed by atoms with Crippen LogP contribution in [-0.2, 0) is 24.9 Å². The molecule has 2 amide bonds. The van der Waals surface area contributed by atoms with Gasteiger partial charge in [0, 0.05) is 5.69 Å². The van der Waals surface area contributed by atoms with E-state index < -0.39 is 73.5 Å². The average molecular weight is 454 g/mol. The second-order valence-electron chi connectivity index (χ2n) is 8.80. The number of amides is 2. The topological polar surface area (TPSA) is 80.4 Å². The largest absolute Gasteiger partial charge is 0.412 e. The van der Waals surface area contributed by atoms with Crippen molar-refractivity contribution in [1.29, 1.82) is 0 Å². The lowest BCUT2D eigenvalue weighted by molar-refractivity contribution is -0.137. The maximum atomic E-state index is 13.4. The fourth-order valence-electron chi connectivity index (χ4n) is 5.26. The Labute approximate surface area is 178 Å². The summed E-state index contributed by atoms with van der Waals surface area (Å²) in [5.74, 6) is -3.48. The molecular weight excluding hydrogens is 433 g/mol. The van der Waals surface area contributed by atoms with E-state index in [0.717, 1.165) is 17.0 Å². The van der Waals surface area contributed by atoms with Gasteiger partial charge >= 0.3 is 6.18 Å². The van der Waals surface area contributed by atoms with Gasteiger partial charge in [-0.2, -0.15) is 13.2 Å². The van der Waals surface area contributed by atoms with E-state index in [9.17, 15) is 27.9 Å². The number of anilines is 1. The summed E-state index contributed by atoms with van der Waals surface area (Å²) >= 11 is 0. The molecule has 1 N–H and O–H groups in total. The molecule has 1 aromatic rings. The maximum Gasteiger partial charge on any atom is 0.407 e. The van der Waals surface area contributed by atoms with Crippen molar-refractivity contribution in [3.05, 3.63) is 35.2 Å². The van der Waals surface area contributed by atoms with Crippen LogP contribution in [0.2, 0.25) is 13.1 Å². The van der Waals surface area contributed by atoms with Crippen LogP contribution in [-0.4, -0.2) is 49.4 Å². The number of ether oxygens (including phenoxy) is 1. The molecule has 3 heterocycles. The van der Waals surface area contributed by atoms with Gasteiger partial charge in [-0.15, -0.1) is 0 Å². The molecule has 3 aliphatic rings. The summed E-state index contributed by atoms with van der Waals surface area (Å²) in [6.07, 6.45) is -6.81. The lowest BCUT2D eigenvalue weighted by atomic mass is 9.66. The Morgan fingerprint density at radius 1 is 1.19 bits per heavy atom. The monoisotopic (exact) mass is 454 g/mol. The number of carbonyl (C=O) groups excluding carboxylic acids is 2. The van der Waals surface area contributed by atoms with Crippen LogP contribution in [0.15, 0.2) is 18.2 Å². The Kier molecular flexibility index (Phi) is 4.69. The van der Waals surface area contributed by atoms with Crippen LogP contribution in [0, 0.1) is 18.4 Å². The highest BCUT2D eigenvalue weighted by Crippen LogP contribution is 2.62. The predicted molar refractivity (Wildman–Crippen MR) is 105 cm³/mol. The van der Waals surface area contributed by atoms with Gasteiger partial charge in [-0.05, 0) is 39.1 Å². The molecule has 31 heavy (non-hydrogen) atoms. The normalized spacial score (nSPS) is 37.0. The maximum absolute atomic E-state index is 13.4. The van der Waals surface area contributed by atoms with Crippen LogP contribution in [0.1, 0.15) is 19.4 Å². The molecule has 166 valence electrons. The molecule has 11 heteroatoms. The molecule has 0 aromatic heterocycles. The van der Waals surface area contributed by atoms with Gasteiger partial charge < -0.3 is 14.3 Å². The van der Waals surface area contributed by atoms with E-state index >= 15 is 0 Å². The highest BCUT2D eigenvalue weighted by molar-refractivity contribution is 6.48. The van der Waals surface area contributed by atoms with Gasteiger partial charge in [0.15, 0.2) is 14.7 Å². The molecule has 1 aromatic carbocycles. The van der Waals surface area contributed by atoms with Gasteiger partial charge in [-0.1, -0.05) is 6.07 Å². The Bertz CT molecular complexity index is 1030. The number of carbonyl (C=O) groups is 2. The lowest BCUT2D eigenvalue weighted by Crippen LogP contribution is -2.59. The number of hydrogen-bond acceptors (Lipinski definition) is 5. The zero-order valence-electron chi connectivity index (χ0n) is 17.2. The van der Waals surface area contributed by atoms with E-state index in [1.807, 2.05) is 13.1 Å². The number of aliphatic hydroxyl groups is 1. The van der Waals surface area contributed by atoms with Crippen LogP contribution >= 0.6 is 0 Å². The van der Waals surface area contributed by atoms with Gasteiger partial charge in [0.1, 0.15) is 23.4 Å².